The van der Waals surface area contributed by atoms with Crippen molar-refractivity contribution in [1.82, 2.24) is 16.0 Å². The number of hydrogen-bond donors (Lipinski definition) is 7. The molecule has 0 rings (SSSR count). The second-order valence-corrected chi connectivity index (χ2v) is 9.02. The average molecular weight is 491 g/mol. The number of unbranched alkanes of at least 4 members (excludes halogenated alkanes) is 1. The van der Waals surface area contributed by atoms with E-state index in [9.17, 15) is 29.1 Å². The van der Waals surface area contributed by atoms with E-state index in [2.05, 4.69) is 16.0 Å². The van der Waals surface area contributed by atoms with E-state index < -0.39 is 53.8 Å². The summed E-state index contributed by atoms with van der Waals surface area (Å²) in [7, 11) is 0. The Bertz CT molecular complexity index is 677. The van der Waals surface area contributed by atoms with E-state index in [0.717, 1.165) is 0 Å². The molecule has 4 amide bonds. The topological polar surface area (TPSA) is 220 Å². The number of nitrogens with two attached hydrogens (primary N) is 3. The van der Waals surface area contributed by atoms with Gasteiger partial charge in [0.2, 0.25) is 23.6 Å². The molecule has 4 unspecified atom stereocenters. The fourth-order valence-corrected chi connectivity index (χ4v) is 3.37. The summed E-state index contributed by atoms with van der Waals surface area (Å²) in [6, 6.07) is -4.35. The Labute approximate surface area is 198 Å². The molecule has 190 valence electrons. The molecule has 0 aliphatic carbocycles. The quantitative estimate of drug-likeness (QED) is 0.115. The number of nitrogens with one attached hydrogen (secondary N) is 3. The van der Waals surface area contributed by atoms with Crippen molar-refractivity contribution < 1.29 is 29.1 Å². The number of amides is 4. The van der Waals surface area contributed by atoms with Crippen LogP contribution in [0.4, 0.5) is 0 Å². The summed E-state index contributed by atoms with van der Waals surface area (Å²) < 4.78 is 0. The third-order valence-corrected chi connectivity index (χ3v) is 5.46. The Morgan fingerprint density at radius 1 is 0.909 bits per heavy atom. The number of carbonyl (C=O) groups is 5. The van der Waals surface area contributed by atoms with Crippen LogP contribution in [0.1, 0.15) is 46.0 Å². The minimum Gasteiger partial charge on any atom is -0.480 e. The minimum atomic E-state index is -1.22. The molecule has 12 nitrogen and oxygen atoms in total. The van der Waals surface area contributed by atoms with Gasteiger partial charge in [0.15, 0.2) is 0 Å². The first kappa shape index (κ1) is 30.6. The summed E-state index contributed by atoms with van der Waals surface area (Å²) in [5.74, 6) is -3.74. The predicted molar refractivity (Wildman–Crippen MR) is 126 cm³/mol. The Balaban J connectivity index is 5.46. The molecule has 0 fully saturated rings. The van der Waals surface area contributed by atoms with Crippen LogP contribution in [0.5, 0.6) is 0 Å². The number of thioether (sulfide) groups is 1. The van der Waals surface area contributed by atoms with Crippen molar-refractivity contribution in [2.75, 3.05) is 18.6 Å². The van der Waals surface area contributed by atoms with Crippen molar-refractivity contribution in [3.8, 4) is 0 Å². The first-order chi connectivity index (χ1) is 15.4. The zero-order valence-corrected chi connectivity index (χ0v) is 20.3. The molecule has 0 bridgehead atoms. The van der Waals surface area contributed by atoms with Crippen LogP contribution in [0.15, 0.2) is 0 Å². The maximum atomic E-state index is 13.0. The lowest BCUT2D eigenvalue weighted by molar-refractivity contribution is -0.143. The van der Waals surface area contributed by atoms with Gasteiger partial charge in [0.1, 0.15) is 18.1 Å². The van der Waals surface area contributed by atoms with Crippen molar-refractivity contribution in [2.24, 2.45) is 23.1 Å². The Morgan fingerprint density at radius 2 is 1.45 bits per heavy atom. The number of carboxylic acids is 1. The Kier molecular flexibility index (Phi) is 15.1. The zero-order chi connectivity index (χ0) is 25.6. The van der Waals surface area contributed by atoms with Gasteiger partial charge in [0.05, 0.1) is 12.5 Å². The van der Waals surface area contributed by atoms with Crippen molar-refractivity contribution in [3.63, 3.8) is 0 Å². The summed E-state index contributed by atoms with van der Waals surface area (Å²) in [5, 5.41) is 16.9. The van der Waals surface area contributed by atoms with Crippen molar-refractivity contribution in [2.45, 2.75) is 70.1 Å². The molecule has 13 heteroatoms. The number of hydrogen-bond acceptors (Lipinski definition) is 8. The van der Waals surface area contributed by atoms with Gasteiger partial charge in [0.25, 0.3) is 0 Å². The van der Waals surface area contributed by atoms with E-state index in [1.54, 1.807) is 13.8 Å². The normalized spacial score (nSPS) is 14.6. The molecule has 0 aliphatic rings. The number of carboxylic acid groups (broad SMARTS) is 1. The van der Waals surface area contributed by atoms with Crippen molar-refractivity contribution in [3.05, 3.63) is 0 Å². The molecule has 0 saturated carbocycles. The molecule has 0 aromatic carbocycles. The van der Waals surface area contributed by atoms with Crippen LogP contribution in [0.2, 0.25) is 0 Å². The molecule has 0 aromatic rings. The summed E-state index contributed by atoms with van der Waals surface area (Å²) >= 11 is 1.46. The van der Waals surface area contributed by atoms with Crippen LogP contribution < -0.4 is 33.2 Å². The maximum absolute atomic E-state index is 13.0. The van der Waals surface area contributed by atoms with E-state index in [-0.39, 0.29) is 25.2 Å². The Morgan fingerprint density at radius 3 is 1.94 bits per heavy atom. The molecule has 0 saturated heterocycles. The van der Waals surface area contributed by atoms with Crippen LogP contribution in [0.25, 0.3) is 0 Å². The van der Waals surface area contributed by atoms with E-state index in [0.29, 0.717) is 25.1 Å². The van der Waals surface area contributed by atoms with Crippen LogP contribution in [-0.2, 0) is 24.0 Å². The van der Waals surface area contributed by atoms with Gasteiger partial charge in [0, 0.05) is 0 Å². The highest BCUT2D eigenvalue weighted by molar-refractivity contribution is 7.98. The predicted octanol–water partition coefficient (Wildman–Crippen LogP) is -1.73. The Hall–Kier alpha value is -2.38. The van der Waals surface area contributed by atoms with Gasteiger partial charge in [-0.2, -0.15) is 11.8 Å². The van der Waals surface area contributed by atoms with E-state index in [1.807, 2.05) is 6.26 Å². The molecule has 0 aliphatic heterocycles. The van der Waals surface area contributed by atoms with Gasteiger partial charge >= 0.3 is 5.97 Å². The van der Waals surface area contributed by atoms with Gasteiger partial charge in [-0.15, -0.1) is 0 Å². The second kappa shape index (κ2) is 16.3. The molecule has 0 aromatic heterocycles. The monoisotopic (exact) mass is 490 g/mol. The molecule has 4 atom stereocenters. The molecule has 10 N–H and O–H groups in total. The van der Waals surface area contributed by atoms with Crippen LogP contribution in [0, 0.1) is 5.92 Å². The van der Waals surface area contributed by atoms with Gasteiger partial charge in [-0.1, -0.05) is 13.8 Å². The lowest BCUT2D eigenvalue weighted by atomic mass is 10.0. The third kappa shape index (κ3) is 12.4. The molecule has 0 spiro atoms. The van der Waals surface area contributed by atoms with E-state index in [1.165, 1.54) is 11.8 Å². The number of primary amides is 1. The summed E-state index contributed by atoms with van der Waals surface area (Å²) in [5.41, 5.74) is 16.2. The summed E-state index contributed by atoms with van der Waals surface area (Å²) in [6.45, 7) is 3.72. The number of rotatable bonds is 17. The number of carbonyl (C=O) groups excluding carboxylic acids is 4. The second-order valence-electron chi connectivity index (χ2n) is 8.03. The van der Waals surface area contributed by atoms with Crippen LogP contribution in [-0.4, -0.2) is 77.4 Å². The molecule has 33 heavy (non-hydrogen) atoms. The van der Waals surface area contributed by atoms with Crippen molar-refractivity contribution in [1.29, 1.82) is 0 Å². The minimum absolute atomic E-state index is 0.235. The molecule has 0 radical (unpaired) electrons. The van der Waals surface area contributed by atoms with Gasteiger partial charge in [-0.05, 0) is 50.2 Å². The lowest BCUT2D eigenvalue weighted by Crippen LogP contribution is -2.57. The SMILES string of the molecule is CSCCC(NC(=O)C(CCCCN)NC(=O)C(N)CC(N)=O)C(=O)NC(C(=O)O)C(C)C. The smallest absolute Gasteiger partial charge is 0.326 e. The van der Waals surface area contributed by atoms with Crippen LogP contribution >= 0.6 is 11.8 Å². The average Bonchev–Trinajstić information content (AvgIpc) is 2.72. The van der Waals surface area contributed by atoms with E-state index >= 15 is 0 Å². The highest BCUT2D eigenvalue weighted by Crippen LogP contribution is 2.08. The molecule has 0 heterocycles. The van der Waals surface area contributed by atoms with Gasteiger partial charge in [-0.25, -0.2) is 4.79 Å². The standard InChI is InChI=1S/C20H38N6O6S/c1-11(2)16(20(31)32)26-19(30)14(7-9-33-3)25-18(29)13(6-4-5-8-21)24-17(28)12(22)10-15(23)27/h11-14,16H,4-10,21-22H2,1-3H3,(H2,23,27)(H,24,28)(H,25,29)(H,26,30)(H,31,32). The van der Waals surface area contributed by atoms with Crippen LogP contribution in [0.3, 0.4) is 0 Å². The summed E-state index contributed by atoms with van der Waals surface area (Å²) in [6.07, 6.45) is 3.08. The van der Waals surface area contributed by atoms with Gasteiger partial charge in [-0.3, -0.25) is 19.2 Å². The van der Waals surface area contributed by atoms with E-state index in [4.69, 9.17) is 17.2 Å². The van der Waals surface area contributed by atoms with Gasteiger partial charge < -0.3 is 38.3 Å². The number of aliphatic carboxylic acids is 1. The molecular weight excluding hydrogens is 452 g/mol. The summed E-state index contributed by atoms with van der Waals surface area (Å²) in [4.78, 5) is 60.5. The third-order valence-electron chi connectivity index (χ3n) is 4.81. The molecular formula is C20H38N6O6S. The highest BCUT2D eigenvalue weighted by Gasteiger charge is 2.31. The highest BCUT2D eigenvalue weighted by atomic mass is 32.2. The fraction of sp³-hybridized carbons (Fsp3) is 0.750. The first-order valence-corrected chi connectivity index (χ1v) is 12.2. The van der Waals surface area contributed by atoms with Crippen molar-refractivity contribution >= 4 is 41.4 Å². The lowest BCUT2D eigenvalue weighted by Gasteiger charge is -2.26. The zero-order valence-electron chi connectivity index (χ0n) is 19.5. The maximum Gasteiger partial charge on any atom is 0.326 e. The fourth-order valence-electron chi connectivity index (χ4n) is 2.89. The largest absolute Gasteiger partial charge is 0.480 e. The first-order valence-electron chi connectivity index (χ1n) is 10.8.